The van der Waals surface area contributed by atoms with Crippen LogP contribution in [0.4, 0.5) is 35.9 Å². The van der Waals surface area contributed by atoms with E-state index in [1.807, 2.05) is 42.5 Å². The van der Waals surface area contributed by atoms with Crippen molar-refractivity contribution in [1.82, 2.24) is 9.97 Å². The molecule has 0 bridgehead atoms. The van der Waals surface area contributed by atoms with Crippen LogP contribution in [-0.2, 0) is 11.3 Å². The zero-order valence-electron chi connectivity index (χ0n) is 20.6. The molecular formula is C26H19Br2Cl2F3N6O2. The molecule has 5 N–H and O–H groups in total. The quantitative estimate of drug-likeness (QED) is 0.160. The zero-order valence-corrected chi connectivity index (χ0v) is 25.2. The summed E-state index contributed by atoms with van der Waals surface area (Å²) in [5.74, 6) is -2.76. The second-order valence-corrected chi connectivity index (χ2v) is 10.2. The van der Waals surface area contributed by atoms with Gasteiger partial charge in [0, 0.05) is 25.5 Å². The smallest absolute Gasteiger partial charge is 0.475 e. The van der Waals surface area contributed by atoms with Gasteiger partial charge in [0.15, 0.2) is 0 Å². The molecule has 0 atom stereocenters. The number of rotatable bonds is 5. The molecule has 15 heteroatoms. The number of nitriles is 1. The lowest BCUT2D eigenvalue weighted by atomic mass is 10.3. The van der Waals surface area contributed by atoms with Crippen LogP contribution < -0.4 is 16.4 Å². The van der Waals surface area contributed by atoms with Gasteiger partial charge in [0.1, 0.15) is 11.8 Å². The van der Waals surface area contributed by atoms with E-state index in [1.165, 1.54) is 0 Å². The van der Waals surface area contributed by atoms with Crippen molar-refractivity contribution < 1.29 is 23.1 Å². The van der Waals surface area contributed by atoms with Gasteiger partial charge < -0.3 is 21.5 Å². The maximum atomic E-state index is 10.6. The molecular weight excluding hydrogens is 716 g/mol. The molecule has 0 fully saturated rings. The summed E-state index contributed by atoms with van der Waals surface area (Å²) < 4.78 is 33.5. The van der Waals surface area contributed by atoms with Crippen molar-refractivity contribution in [1.29, 1.82) is 5.26 Å². The van der Waals surface area contributed by atoms with Crippen molar-refractivity contribution in [3.8, 4) is 6.07 Å². The minimum absolute atomic E-state index is 0.394. The first-order valence-electron chi connectivity index (χ1n) is 11.1. The fourth-order valence-corrected chi connectivity index (χ4v) is 4.21. The summed E-state index contributed by atoms with van der Waals surface area (Å²) in [6.45, 7) is 0.449. The molecule has 214 valence electrons. The topological polar surface area (TPSA) is 137 Å². The van der Waals surface area contributed by atoms with Gasteiger partial charge in [-0.2, -0.15) is 18.4 Å². The van der Waals surface area contributed by atoms with E-state index in [1.54, 1.807) is 36.7 Å². The second-order valence-electron chi connectivity index (χ2n) is 7.59. The highest BCUT2D eigenvalue weighted by Crippen LogP contribution is 2.29. The third-order valence-corrected chi connectivity index (χ3v) is 6.36. The van der Waals surface area contributed by atoms with Crippen molar-refractivity contribution in [2.45, 2.75) is 12.7 Å². The van der Waals surface area contributed by atoms with E-state index >= 15 is 0 Å². The van der Waals surface area contributed by atoms with Crippen molar-refractivity contribution in [3.63, 3.8) is 0 Å². The molecule has 0 unspecified atom stereocenters. The van der Waals surface area contributed by atoms with Gasteiger partial charge in [-0.1, -0.05) is 23.2 Å². The summed E-state index contributed by atoms with van der Waals surface area (Å²) in [4.78, 5) is 17.1. The number of carbonyl (C=O) groups is 1. The fourth-order valence-electron chi connectivity index (χ4n) is 2.65. The van der Waals surface area contributed by atoms with E-state index in [-0.39, 0.29) is 0 Å². The zero-order chi connectivity index (χ0) is 30.6. The lowest BCUT2D eigenvalue weighted by Gasteiger charge is -2.08. The number of hydrogen-bond acceptors (Lipinski definition) is 7. The van der Waals surface area contributed by atoms with Gasteiger partial charge in [-0.3, -0.25) is 4.98 Å². The first-order valence-corrected chi connectivity index (χ1v) is 13.4. The second kappa shape index (κ2) is 16.1. The van der Waals surface area contributed by atoms with Gasteiger partial charge in [0.25, 0.3) is 0 Å². The van der Waals surface area contributed by atoms with Crippen LogP contribution in [0.5, 0.6) is 0 Å². The number of anilines is 4. The van der Waals surface area contributed by atoms with E-state index in [0.29, 0.717) is 22.3 Å². The number of benzene rings is 2. The summed E-state index contributed by atoms with van der Waals surface area (Å²) in [6, 6.07) is 20.3. The van der Waals surface area contributed by atoms with Gasteiger partial charge in [-0.25, -0.2) is 9.78 Å². The Kier molecular flexibility index (Phi) is 13.3. The minimum Gasteiger partial charge on any atom is -0.475 e. The molecule has 0 radical (unpaired) electrons. The fraction of sp³-hybridized carbons (Fsp3) is 0.0769. The molecule has 0 saturated heterocycles. The average molecular weight is 735 g/mol. The number of carboxylic acid groups (broad SMARTS) is 1. The van der Waals surface area contributed by atoms with Crippen LogP contribution in [0.1, 0.15) is 11.4 Å². The molecule has 0 aliphatic rings. The highest BCUT2D eigenvalue weighted by atomic mass is 79.9. The van der Waals surface area contributed by atoms with Crippen LogP contribution in [0.25, 0.3) is 0 Å². The molecule has 2 heterocycles. The molecule has 0 aliphatic heterocycles. The summed E-state index contributed by atoms with van der Waals surface area (Å²) in [6.07, 6.45) is -1.72. The summed E-state index contributed by atoms with van der Waals surface area (Å²) >= 11 is 18.6. The Balaban J connectivity index is 0.000000235. The van der Waals surface area contributed by atoms with Crippen molar-refractivity contribution >= 4 is 83.8 Å². The van der Waals surface area contributed by atoms with Gasteiger partial charge in [-0.05, 0) is 92.5 Å². The Labute approximate surface area is 259 Å². The molecule has 2 aromatic carbocycles. The number of aliphatic carboxylic acids is 1. The van der Waals surface area contributed by atoms with Crippen LogP contribution in [-0.4, -0.2) is 27.2 Å². The monoisotopic (exact) mass is 732 g/mol. The molecule has 8 nitrogen and oxygen atoms in total. The Hall–Kier alpha value is -3.41. The largest absolute Gasteiger partial charge is 0.490 e. The number of aromatic nitrogens is 2. The Morgan fingerprint density at radius 1 is 0.902 bits per heavy atom. The normalized spacial score (nSPS) is 10.2. The molecule has 41 heavy (non-hydrogen) atoms. The number of nitrogens with one attached hydrogen (secondary N) is 2. The first kappa shape index (κ1) is 33.8. The number of hydrogen-bond donors (Lipinski definition) is 4. The van der Waals surface area contributed by atoms with E-state index < -0.39 is 12.1 Å². The average Bonchev–Trinajstić information content (AvgIpc) is 2.93. The van der Waals surface area contributed by atoms with Crippen LogP contribution >= 0.6 is 55.1 Å². The third-order valence-electron chi connectivity index (χ3n) is 4.57. The van der Waals surface area contributed by atoms with Gasteiger partial charge in [0.05, 0.1) is 40.8 Å². The Morgan fingerprint density at radius 3 is 1.68 bits per heavy atom. The lowest BCUT2D eigenvalue weighted by molar-refractivity contribution is -0.192. The number of carboxylic acids is 1. The SMILES string of the molecule is N#Cc1ccc(Nc2ccc(Cl)cc2Br)cn1.NCc1ccc(Nc2ccc(Cl)cc2Br)cn1.O=C(O)C(F)(F)F. The minimum atomic E-state index is -5.08. The first-order chi connectivity index (χ1) is 19.3. The predicted molar refractivity (Wildman–Crippen MR) is 160 cm³/mol. The Bertz CT molecular complexity index is 1500. The van der Waals surface area contributed by atoms with Crippen LogP contribution in [0.15, 0.2) is 82.0 Å². The van der Waals surface area contributed by atoms with E-state index in [4.69, 9.17) is 44.1 Å². The summed E-state index contributed by atoms with van der Waals surface area (Å²) in [5, 5.41) is 23.5. The molecule has 0 spiro atoms. The van der Waals surface area contributed by atoms with E-state index in [2.05, 4.69) is 52.5 Å². The van der Waals surface area contributed by atoms with Gasteiger partial charge in [-0.15, -0.1) is 0 Å². The highest BCUT2D eigenvalue weighted by molar-refractivity contribution is 9.11. The third kappa shape index (κ3) is 11.9. The molecule has 4 aromatic rings. The van der Waals surface area contributed by atoms with Gasteiger partial charge in [0.2, 0.25) is 0 Å². The maximum absolute atomic E-state index is 10.6. The number of nitrogens with zero attached hydrogens (tertiary/aromatic N) is 3. The van der Waals surface area contributed by atoms with E-state index in [9.17, 15) is 13.2 Å². The molecule has 0 amide bonds. The highest BCUT2D eigenvalue weighted by Gasteiger charge is 2.38. The van der Waals surface area contributed by atoms with Crippen molar-refractivity contribution in [3.05, 3.63) is 103 Å². The van der Waals surface area contributed by atoms with Crippen LogP contribution in [0, 0.1) is 11.3 Å². The van der Waals surface area contributed by atoms with Crippen molar-refractivity contribution in [2.24, 2.45) is 5.73 Å². The lowest BCUT2D eigenvalue weighted by Crippen LogP contribution is -2.21. The summed E-state index contributed by atoms with van der Waals surface area (Å²) in [5.41, 5.74) is 10.3. The standard InChI is InChI=1S/C12H11BrClN3.C12H7BrClN3.C2HF3O2/c2*13-11-5-8(14)1-4-12(11)17-10-3-2-9(6-15)16-7-10;3-2(4,5)1(6)7/h1-5,7,17H,6,15H2;1-5,7,17H;(H,6,7). The number of pyridine rings is 2. The van der Waals surface area contributed by atoms with Crippen molar-refractivity contribution in [2.75, 3.05) is 10.6 Å². The van der Waals surface area contributed by atoms with Crippen LogP contribution in [0.3, 0.4) is 0 Å². The molecule has 2 aromatic heterocycles. The number of alkyl halides is 3. The van der Waals surface area contributed by atoms with Gasteiger partial charge >= 0.3 is 12.1 Å². The molecule has 0 aliphatic carbocycles. The molecule has 0 saturated carbocycles. The number of nitrogens with two attached hydrogens (primary N) is 1. The Morgan fingerprint density at radius 2 is 1.37 bits per heavy atom. The van der Waals surface area contributed by atoms with E-state index in [0.717, 1.165) is 37.4 Å². The maximum Gasteiger partial charge on any atom is 0.490 e. The predicted octanol–water partition coefficient (Wildman–Crippen LogP) is 8.45. The number of halogens is 7. The summed E-state index contributed by atoms with van der Waals surface area (Å²) in [7, 11) is 0. The van der Waals surface area contributed by atoms with Crippen LogP contribution in [0.2, 0.25) is 10.0 Å². The molecule has 4 rings (SSSR count).